The van der Waals surface area contributed by atoms with Crippen molar-refractivity contribution in [1.82, 2.24) is 20.5 Å². The highest BCUT2D eigenvalue weighted by atomic mass is 16.5. The number of pyridine rings is 1. The normalized spacial score (nSPS) is 22.6. The Morgan fingerprint density at radius 1 is 1.36 bits per heavy atom. The van der Waals surface area contributed by atoms with E-state index in [9.17, 15) is 9.59 Å². The van der Waals surface area contributed by atoms with Crippen molar-refractivity contribution < 1.29 is 9.53 Å². The zero-order valence-electron chi connectivity index (χ0n) is 14.0. The quantitative estimate of drug-likeness (QED) is 0.783. The molecule has 1 amide bonds. The lowest BCUT2D eigenvalue weighted by Crippen LogP contribution is -2.33. The van der Waals surface area contributed by atoms with Gasteiger partial charge in [-0.2, -0.15) is 5.10 Å². The maximum atomic E-state index is 12.7. The average Bonchev–Trinajstić information content (AvgIpc) is 3.29. The fourth-order valence-corrected chi connectivity index (χ4v) is 3.89. The second-order valence-electron chi connectivity index (χ2n) is 6.79. The van der Waals surface area contributed by atoms with E-state index in [0.29, 0.717) is 18.7 Å². The van der Waals surface area contributed by atoms with Crippen LogP contribution < -0.4 is 10.9 Å². The number of nitrogens with one attached hydrogen (secondary N) is 3. The minimum Gasteiger partial charge on any atom is -0.373 e. The van der Waals surface area contributed by atoms with Crippen LogP contribution in [0.5, 0.6) is 0 Å². The van der Waals surface area contributed by atoms with E-state index >= 15 is 0 Å². The molecule has 3 heterocycles. The van der Waals surface area contributed by atoms with Crippen LogP contribution in [0.25, 0.3) is 0 Å². The highest BCUT2D eigenvalue weighted by Crippen LogP contribution is 2.33. The minimum absolute atomic E-state index is 0.0489. The van der Waals surface area contributed by atoms with Crippen LogP contribution in [0.4, 0.5) is 0 Å². The fourth-order valence-electron chi connectivity index (χ4n) is 3.89. The van der Waals surface area contributed by atoms with E-state index in [1.807, 2.05) is 6.20 Å². The van der Waals surface area contributed by atoms with Crippen LogP contribution in [0.3, 0.4) is 0 Å². The molecule has 2 atom stereocenters. The predicted molar refractivity (Wildman–Crippen MR) is 91.4 cm³/mol. The molecule has 132 valence electrons. The number of amides is 1. The van der Waals surface area contributed by atoms with Gasteiger partial charge in [-0.15, -0.1) is 0 Å². The van der Waals surface area contributed by atoms with Crippen LogP contribution in [0, 0.1) is 5.92 Å². The van der Waals surface area contributed by atoms with Gasteiger partial charge in [0.1, 0.15) is 0 Å². The van der Waals surface area contributed by atoms with E-state index in [2.05, 4.69) is 20.5 Å². The summed E-state index contributed by atoms with van der Waals surface area (Å²) in [5.74, 6) is 0.0430. The molecule has 1 aliphatic heterocycles. The average molecular weight is 342 g/mol. The highest BCUT2D eigenvalue weighted by Gasteiger charge is 2.31. The van der Waals surface area contributed by atoms with Gasteiger partial charge in [0.05, 0.1) is 12.3 Å². The molecule has 1 saturated heterocycles. The molecule has 0 bridgehead atoms. The number of H-pyrrole nitrogens is 2. The van der Waals surface area contributed by atoms with Crippen LogP contribution in [0.2, 0.25) is 0 Å². The number of fused-ring (bicyclic) bond motifs is 1. The first kappa shape index (κ1) is 16.1. The van der Waals surface area contributed by atoms with E-state index in [1.165, 1.54) is 6.07 Å². The fraction of sp³-hybridized carbons (Fsp3) is 0.500. The lowest BCUT2D eigenvalue weighted by molar-refractivity contribution is 0.0846. The molecule has 0 unspecified atom stereocenters. The summed E-state index contributed by atoms with van der Waals surface area (Å²) in [6, 6.07) is 1.43. The van der Waals surface area contributed by atoms with Crippen LogP contribution in [0.15, 0.2) is 23.3 Å². The number of hydrogen-bond acceptors (Lipinski definition) is 4. The molecule has 7 heteroatoms. The van der Waals surface area contributed by atoms with E-state index in [4.69, 9.17) is 4.74 Å². The Hall–Kier alpha value is -2.41. The van der Waals surface area contributed by atoms with Crippen molar-refractivity contribution in [2.75, 3.05) is 13.2 Å². The third-order valence-electron chi connectivity index (χ3n) is 5.17. The van der Waals surface area contributed by atoms with Crippen LogP contribution in [-0.4, -0.2) is 34.2 Å². The largest absolute Gasteiger partial charge is 0.373 e. The standard InChI is InChI=1S/C18H22N4O3/c23-16-7-14(13-3-1-2-4-15(13)22-16)18(24)19-8-11-5-6-25-17(11)12-9-20-21-10-12/h7,9-11,17H,1-6,8H2,(H,19,24)(H,20,21)(H,22,23)/t11-,17+/m0/s1. The number of nitrogens with zero attached hydrogens (tertiary/aromatic N) is 1. The third-order valence-corrected chi connectivity index (χ3v) is 5.17. The molecule has 2 aliphatic rings. The molecule has 0 radical (unpaired) electrons. The smallest absolute Gasteiger partial charge is 0.251 e. The summed E-state index contributed by atoms with van der Waals surface area (Å²) in [5.41, 5.74) is 3.25. The number of hydrogen-bond donors (Lipinski definition) is 3. The minimum atomic E-state index is -0.203. The molecule has 4 rings (SSSR count). The number of aromatic nitrogens is 3. The molecule has 0 saturated carbocycles. The van der Waals surface area contributed by atoms with Gasteiger partial charge >= 0.3 is 0 Å². The zero-order chi connectivity index (χ0) is 17.2. The molecule has 1 fully saturated rings. The van der Waals surface area contributed by atoms with Crippen LogP contribution in [0.1, 0.15) is 52.5 Å². The van der Waals surface area contributed by atoms with Gasteiger partial charge in [-0.1, -0.05) is 0 Å². The van der Waals surface area contributed by atoms with Gasteiger partial charge in [-0.05, 0) is 37.7 Å². The molecule has 0 aromatic carbocycles. The maximum absolute atomic E-state index is 12.7. The van der Waals surface area contributed by atoms with E-state index in [0.717, 1.165) is 48.9 Å². The van der Waals surface area contributed by atoms with Gasteiger partial charge in [-0.25, -0.2) is 0 Å². The van der Waals surface area contributed by atoms with Gasteiger partial charge in [0.2, 0.25) is 5.56 Å². The molecule has 0 spiro atoms. The van der Waals surface area contributed by atoms with Crippen molar-refractivity contribution in [3.05, 3.63) is 51.2 Å². The Morgan fingerprint density at radius 2 is 2.24 bits per heavy atom. The van der Waals surface area contributed by atoms with Crippen molar-refractivity contribution in [3.8, 4) is 0 Å². The Labute approximate surface area is 145 Å². The molecular weight excluding hydrogens is 320 g/mol. The second kappa shape index (κ2) is 6.84. The number of carbonyl (C=O) groups is 1. The van der Waals surface area contributed by atoms with Crippen LogP contribution in [-0.2, 0) is 17.6 Å². The highest BCUT2D eigenvalue weighted by molar-refractivity contribution is 5.95. The Bertz CT molecular complexity index is 812. The Kier molecular flexibility index (Phi) is 4.40. The topological polar surface area (TPSA) is 99.9 Å². The van der Waals surface area contributed by atoms with E-state index in [-0.39, 0.29) is 23.5 Å². The summed E-state index contributed by atoms with van der Waals surface area (Å²) in [6.45, 7) is 1.20. The Morgan fingerprint density at radius 3 is 3.08 bits per heavy atom. The van der Waals surface area contributed by atoms with Crippen molar-refractivity contribution in [3.63, 3.8) is 0 Å². The lowest BCUT2D eigenvalue weighted by Gasteiger charge is -2.20. The number of carbonyl (C=O) groups excluding carboxylic acids is 1. The molecule has 3 N–H and O–H groups in total. The second-order valence-corrected chi connectivity index (χ2v) is 6.79. The number of ether oxygens (including phenoxy) is 1. The summed E-state index contributed by atoms with van der Waals surface area (Å²) in [6.07, 6.45) is 8.23. The van der Waals surface area contributed by atoms with Gasteiger partial charge in [0, 0.05) is 48.2 Å². The summed E-state index contributed by atoms with van der Waals surface area (Å²) in [4.78, 5) is 27.4. The van der Waals surface area contributed by atoms with E-state index in [1.54, 1.807) is 6.20 Å². The van der Waals surface area contributed by atoms with Crippen molar-refractivity contribution in [2.24, 2.45) is 5.92 Å². The van der Waals surface area contributed by atoms with Crippen molar-refractivity contribution >= 4 is 5.91 Å². The lowest BCUT2D eigenvalue weighted by atomic mass is 9.91. The summed E-state index contributed by atoms with van der Waals surface area (Å²) < 4.78 is 5.79. The molecular formula is C18H22N4O3. The zero-order valence-corrected chi connectivity index (χ0v) is 14.0. The number of rotatable bonds is 4. The first-order chi connectivity index (χ1) is 12.2. The monoisotopic (exact) mass is 342 g/mol. The van der Waals surface area contributed by atoms with Gasteiger partial charge in [-0.3, -0.25) is 14.7 Å². The summed E-state index contributed by atoms with van der Waals surface area (Å²) >= 11 is 0. The predicted octanol–water partition coefficient (Wildman–Crippen LogP) is 1.48. The molecule has 1 aliphatic carbocycles. The SMILES string of the molecule is O=C(NC[C@@H]1CCO[C@H]1c1cn[nH]c1)c1cc(=O)[nH]c2c1CCCC2. The third kappa shape index (κ3) is 3.24. The molecule has 2 aromatic heterocycles. The molecule has 25 heavy (non-hydrogen) atoms. The Balaban J connectivity index is 1.48. The van der Waals surface area contributed by atoms with Crippen LogP contribution >= 0.6 is 0 Å². The van der Waals surface area contributed by atoms with Gasteiger partial charge < -0.3 is 15.0 Å². The van der Waals surface area contributed by atoms with Crippen molar-refractivity contribution in [2.45, 2.75) is 38.2 Å². The first-order valence-electron chi connectivity index (χ1n) is 8.86. The maximum Gasteiger partial charge on any atom is 0.251 e. The van der Waals surface area contributed by atoms with Crippen molar-refractivity contribution in [1.29, 1.82) is 0 Å². The van der Waals surface area contributed by atoms with Gasteiger partial charge in [0.15, 0.2) is 0 Å². The van der Waals surface area contributed by atoms with Gasteiger partial charge in [0.25, 0.3) is 5.91 Å². The number of aromatic amines is 2. The summed E-state index contributed by atoms with van der Waals surface area (Å²) in [5, 5.41) is 9.78. The molecule has 2 aromatic rings. The van der Waals surface area contributed by atoms with E-state index < -0.39 is 0 Å². The molecule has 7 nitrogen and oxygen atoms in total. The first-order valence-corrected chi connectivity index (χ1v) is 8.86. The number of aryl methyl sites for hydroxylation is 1. The summed E-state index contributed by atoms with van der Waals surface area (Å²) in [7, 11) is 0.